The van der Waals surface area contributed by atoms with Gasteiger partial charge in [-0.15, -0.1) is 11.3 Å². The van der Waals surface area contributed by atoms with Crippen LogP contribution in [0.3, 0.4) is 0 Å². The number of hydrogen-bond acceptors (Lipinski definition) is 2. The van der Waals surface area contributed by atoms with E-state index in [1.54, 1.807) is 0 Å². The van der Waals surface area contributed by atoms with E-state index in [9.17, 15) is 4.79 Å². The molecule has 0 radical (unpaired) electrons. The van der Waals surface area contributed by atoms with Gasteiger partial charge in [-0.25, -0.2) is 0 Å². The number of benzene rings is 1. The van der Waals surface area contributed by atoms with Crippen molar-refractivity contribution in [3.63, 3.8) is 0 Å². The van der Waals surface area contributed by atoms with E-state index < -0.39 is 0 Å². The first kappa shape index (κ1) is 14.0. The Kier molecular flexibility index (Phi) is 4.41. The van der Waals surface area contributed by atoms with E-state index in [-0.39, 0.29) is 5.78 Å². The molecule has 2 rings (SSSR count). The molecular formula is C14H12Br2OS. The van der Waals surface area contributed by atoms with Gasteiger partial charge in [0, 0.05) is 12.0 Å². The van der Waals surface area contributed by atoms with Gasteiger partial charge in [0.2, 0.25) is 0 Å². The van der Waals surface area contributed by atoms with Gasteiger partial charge in [0.15, 0.2) is 5.78 Å². The third-order valence-electron chi connectivity index (χ3n) is 2.89. The van der Waals surface area contributed by atoms with Gasteiger partial charge in [0.1, 0.15) is 0 Å². The minimum atomic E-state index is 0.145. The fourth-order valence-corrected chi connectivity index (χ4v) is 4.58. The number of thiophene rings is 1. The molecule has 0 atom stereocenters. The predicted octanol–water partition coefficient (Wildman–Crippen LogP) is 5.32. The molecule has 0 saturated heterocycles. The minimum Gasteiger partial charge on any atom is -0.294 e. The number of Topliss-reactive ketones (excluding diaryl/α,β-unsaturated/α-hetero) is 1. The Bertz CT molecular complexity index is 602. The summed E-state index contributed by atoms with van der Waals surface area (Å²) in [7, 11) is 0. The van der Waals surface area contributed by atoms with Crippen molar-refractivity contribution in [1.82, 2.24) is 0 Å². The van der Waals surface area contributed by atoms with Crippen LogP contribution in [0.5, 0.6) is 0 Å². The maximum Gasteiger partial charge on any atom is 0.169 e. The summed E-state index contributed by atoms with van der Waals surface area (Å²) in [5.74, 6) is 0.145. The van der Waals surface area contributed by atoms with Crippen molar-refractivity contribution in [2.24, 2.45) is 0 Å². The largest absolute Gasteiger partial charge is 0.294 e. The lowest BCUT2D eigenvalue weighted by Gasteiger charge is -2.04. The van der Waals surface area contributed by atoms with Crippen molar-refractivity contribution in [3.05, 3.63) is 54.1 Å². The Morgan fingerprint density at radius 3 is 2.44 bits per heavy atom. The van der Waals surface area contributed by atoms with Gasteiger partial charge < -0.3 is 0 Å². The smallest absolute Gasteiger partial charge is 0.169 e. The maximum absolute atomic E-state index is 12.2. The van der Waals surface area contributed by atoms with Crippen LogP contribution in [0, 0.1) is 13.8 Å². The van der Waals surface area contributed by atoms with Crippen LogP contribution in [0.25, 0.3) is 0 Å². The molecule has 2 aromatic rings. The SMILES string of the molecule is Cc1ccc(CC(=O)c2cc(Br)sc2Br)cc1C. The third-order valence-corrected chi connectivity index (χ3v) is 5.23. The van der Waals surface area contributed by atoms with E-state index in [4.69, 9.17) is 0 Å². The molecule has 0 N–H and O–H groups in total. The van der Waals surface area contributed by atoms with Gasteiger partial charge in [0.05, 0.1) is 7.57 Å². The van der Waals surface area contributed by atoms with Gasteiger partial charge in [-0.05, 0) is 68.5 Å². The summed E-state index contributed by atoms with van der Waals surface area (Å²) in [6, 6.07) is 8.05. The zero-order valence-corrected chi connectivity index (χ0v) is 14.1. The van der Waals surface area contributed by atoms with Gasteiger partial charge in [-0.3, -0.25) is 4.79 Å². The molecule has 0 spiro atoms. The number of hydrogen-bond donors (Lipinski definition) is 0. The van der Waals surface area contributed by atoms with Crippen LogP contribution in [0.2, 0.25) is 0 Å². The Morgan fingerprint density at radius 1 is 1.17 bits per heavy atom. The molecule has 0 aliphatic carbocycles. The van der Waals surface area contributed by atoms with Crippen LogP contribution in [0.15, 0.2) is 31.8 Å². The summed E-state index contributed by atoms with van der Waals surface area (Å²) in [5, 5.41) is 0. The lowest BCUT2D eigenvalue weighted by molar-refractivity contribution is 0.0992. The highest BCUT2D eigenvalue weighted by Gasteiger charge is 2.14. The highest BCUT2D eigenvalue weighted by molar-refractivity contribution is 9.12. The number of carbonyl (C=O) groups is 1. The molecule has 1 heterocycles. The summed E-state index contributed by atoms with van der Waals surface area (Å²) >= 11 is 8.35. The number of rotatable bonds is 3. The highest BCUT2D eigenvalue weighted by atomic mass is 79.9. The Balaban J connectivity index is 2.21. The van der Waals surface area contributed by atoms with Crippen LogP contribution < -0.4 is 0 Å². The molecule has 1 aromatic heterocycles. The number of ketones is 1. The summed E-state index contributed by atoms with van der Waals surface area (Å²) in [6.07, 6.45) is 0.447. The highest BCUT2D eigenvalue weighted by Crippen LogP contribution is 2.32. The summed E-state index contributed by atoms with van der Waals surface area (Å²) in [4.78, 5) is 12.2. The zero-order valence-electron chi connectivity index (χ0n) is 10.1. The van der Waals surface area contributed by atoms with E-state index in [1.165, 1.54) is 22.5 Å². The Labute approximate surface area is 127 Å². The normalized spacial score (nSPS) is 10.7. The van der Waals surface area contributed by atoms with Crippen LogP contribution in [-0.4, -0.2) is 5.78 Å². The van der Waals surface area contributed by atoms with Gasteiger partial charge in [0.25, 0.3) is 0 Å². The Hall–Kier alpha value is -0.450. The van der Waals surface area contributed by atoms with Crippen LogP contribution >= 0.6 is 43.2 Å². The van der Waals surface area contributed by atoms with Crippen molar-refractivity contribution >= 4 is 49.0 Å². The van der Waals surface area contributed by atoms with Crippen molar-refractivity contribution in [2.75, 3.05) is 0 Å². The number of carbonyl (C=O) groups excluding carboxylic acids is 1. The Morgan fingerprint density at radius 2 is 1.89 bits per heavy atom. The molecule has 4 heteroatoms. The monoisotopic (exact) mass is 386 g/mol. The molecule has 0 amide bonds. The average molecular weight is 388 g/mol. The van der Waals surface area contributed by atoms with Gasteiger partial charge in [-0.2, -0.15) is 0 Å². The van der Waals surface area contributed by atoms with E-state index in [2.05, 4.69) is 57.8 Å². The molecule has 0 aliphatic heterocycles. The number of halogens is 2. The predicted molar refractivity (Wildman–Crippen MR) is 83.7 cm³/mol. The van der Waals surface area contributed by atoms with E-state index >= 15 is 0 Å². The zero-order chi connectivity index (χ0) is 13.3. The topological polar surface area (TPSA) is 17.1 Å². The van der Waals surface area contributed by atoms with E-state index in [0.29, 0.717) is 6.42 Å². The molecule has 1 nitrogen and oxygen atoms in total. The first-order valence-corrected chi connectivity index (χ1v) is 7.92. The third kappa shape index (κ3) is 3.11. The molecule has 0 saturated carbocycles. The first-order valence-electron chi connectivity index (χ1n) is 5.51. The van der Waals surface area contributed by atoms with Crippen molar-refractivity contribution < 1.29 is 4.79 Å². The minimum absolute atomic E-state index is 0.145. The molecule has 18 heavy (non-hydrogen) atoms. The van der Waals surface area contributed by atoms with Crippen LogP contribution in [0.4, 0.5) is 0 Å². The van der Waals surface area contributed by atoms with Crippen molar-refractivity contribution in [2.45, 2.75) is 20.3 Å². The second-order valence-corrected chi connectivity index (χ2v) is 8.01. The van der Waals surface area contributed by atoms with Gasteiger partial charge in [-0.1, -0.05) is 18.2 Å². The average Bonchev–Trinajstić information content (AvgIpc) is 2.63. The molecule has 0 unspecified atom stereocenters. The molecule has 0 bridgehead atoms. The summed E-state index contributed by atoms with van der Waals surface area (Å²) in [5.41, 5.74) is 4.30. The van der Waals surface area contributed by atoms with Crippen LogP contribution in [0.1, 0.15) is 27.0 Å². The fourth-order valence-electron chi connectivity index (χ4n) is 1.72. The fraction of sp³-hybridized carbons (Fsp3) is 0.214. The molecule has 94 valence electrons. The van der Waals surface area contributed by atoms with Crippen molar-refractivity contribution in [1.29, 1.82) is 0 Å². The van der Waals surface area contributed by atoms with E-state index in [1.807, 2.05) is 12.1 Å². The molecular weight excluding hydrogens is 376 g/mol. The summed E-state index contributed by atoms with van der Waals surface area (Å²) < 4.78 is 1.86. The molecule has 1 aromatic carbocycles. The lowest BCUT2D eigenvalue weighted by Crippen LogP contribution is -2.03. The van der Waals surface area contributed by atoms with Crippen LogP contribution in [-0.2, 0) is 6.42 Å². The second-order valence-electron chi connectivity index (χ2n) is 4.26. The lowest BCUT2D eigenvalue weighted by atomic mass is 10.0. The first-order chi connectivity index (χ1) is 8.47. The molecule has 0 fully saturated rings. The quantitative estimate of drug-likeness (QED) is 0.651. The standard InChI is InChI=1S/C14H12Br2OS/c1-8-3-4-10(5-9(8)2)6-12(17)11-7-13(15)18-14(11)16/h3-5,7H,6H2,1-2H3. The number of aryl methyl sites for hydroxylation is 2. The summed E-state index contributed by atoms with van der Waals surface area (Å²) in [6.45, 7) is 4.15. The molecule has 0 aliphatic rings. The van der Waals surface area contributed by atoms with Crippen molar-refractivity contribution in [3.8, 4) is 0 Å². The van der Waals surface area contributed by atoms with Gasteiger partial charge >= 0.3 is 0 Å². The maximum atomic E-state index is 12.2. The second kappa shape index (κ2) is 5.68. The van der Waals surface area contributed by atoms with E-state index in [0.717, 1.165) is 18.7 Å².